The minimum Gasteiger partial charge on any atom is -0.310 e. The minimum atomic E-state index is -2.73. The van der Waals surface area contributed by atoms with Gasteiger partial charge in [0.15, 0.2) is 9.84 Å². The molecule has 1 atom stereocenters. The Hall–Kier alpha value is -0.0900. The Morgan fingerprint density at radius 1 is 1.00 bits per heavy atom. The molecule has 0 spiro atoms. The third-order valence-corrected chi connectivity index (χ3v) is 6.19. The van der Waals surface area contributed by atoms with Crippen LogP contribution in [0.15, 0.2) is 0 Å². The van der Waals surface area contributed by atoms with Crippen LogP contribution in [0.5, 0.6) is 0 Å². The van der Waals surface area contributed by atoms with Crippen LogP contribution < -0.4 is 5.32 Å². The molecule has 17 heavy (non-hydrogen) atoms. The summed E-state index contributed by atoms with van der Waals surface area (Å²) < 4.78 is 22.8. The van der Waals surface area contributed by atoms with Gasteiger partial charge in [0.1, 0.15) is 0 Å². The van der Waals surface area contributed by atoms with Crippen molar-refractivity contribution < 1.29 is 8.42 Å². The topological polar surface area (TPSA) is 46.2 Å². The molecule has 1 unspecified atom stereocenters. The summed E-state index contributed by atoms with van der Waals surface area (Å²) in [6, 6.07) is 0.781. The van der Waals surface area contributed by atoms with Crippen molar-refractivity contribution in [1.82, 2.24) is 5.32 Å². The molecule has 2 fully saturated rings. The summed E-state index contributed by atoms with van der Waals surface area (Å²) in [5.74, 6) is 2.41. The Morgan fingerprint density at radius 2 is 1.65 bits per heavy atom. The summed E-state index contributed by atoms with van der Waals surface area (Å²) >= 11 is 0. The molecule has 2 aliphatic rings. The van der Waals surface area contributed by atoms with Gasteiger partial charge in [0.2, 0.25) is 0 Å². The van der Waals surface area contributed by atoms with Crippen LogP contribution in [0.4, 0.5) is 0 Å². The highest BCUT2D eigenvalue weighted by Crippen LogP contribution is 2.30. The molecule has 0 radical (unpaired) electrons. The summed E-state index contributed by atoms with van der Waals surface area (Å²) in [7, 11) is -2.73. The van der Waals surface area contributed by atoms with Crippen LogP contribution in [0.3, 0.4) is 0 Å². The molecule has 2 rings (SSSR count). The Kier molecular flexibility index (Phi) is 4.14. The second kappa shape index (κ2) is 5.27. The Morgan fingerprint density at radius 3 is 2.12 bits per heavy atom. The molecule has 4 heteroatoms. The van der Waals surface area contributed by atoms with Crippen LogP contribution >= 0.6 is 0 Å². The van der Waals surface area contributed by atoms with Gasteiger partial charge < -0.3 is 5.32 Å². The lowest BCUT2D eigenvalue weighted by atomic mass is 9.79. The zero-order valence-corrected chi connectivity index (χ0v) is 11.8. The number of rotatable bonds is 3. The van der Waals surface area contributed by atoms with E-state index >= 15 is 0 Å². The van der Waals surface area contributed by atoms with E-state index in [4.69, 9.17) is 0 Å². The van der Waals surface area contributed by atoms with Gasteiger partial charge in [0.05, 0.1) is 11.5 Å². The van der Waals surface area contributed by atoms with Gasteiger partial charge in [0, 0.05) is 12.1 Å². The molecule has 1 saturated carbocycles. The molecule has 1 heterocycles. The highest BCUT2D eigenvalue weighted by molar-refractivity contribution is 7.91. The fourth-order valence-corrected chi connectivity index (χ4v) is 4.90. The van der Waals surface area contributed by atoms with E-state index in [1.807, 2.05) is 0 Å². The van der Waals surface area contributed by atoms with E-state index in [1.54, 1.807) is 0 Å². The van der Waals surface area contributed by atoms with E-state index in [-0.39, 0.29) is 6.04 Å². The van der Waals surface area contributed by atoms with E-state index < -0.39 is 9.84 Å². The molecule has 0 amide bonds. The molecular formula is C13H25NO2S. The lowest BCUT2D eigenvalue weighted by Gasteiger charge is -2.32. The zero-order chi connectivity index (χ0) is 12.5. The molecule has 3 nitrogen and oxygen atoms in total. The van der Waals surface area contributed by atoms with Crippen molar-refractivity contribution in [3.8, 4) is 0 Å². The van der Waals surface area contributed by atoms with Gasteiger partial charge in [-0.3, -0.25) is 0 Å². The summed E-state index contributed by atoms with van der Waals surface area (Å²) in [5, 5.41) is 3.55. The molecule has 1 saturated heterocycles. The SMILES string of the molecule is CC(C)C1CCC(NC2CCS(=O)(=O)C2)CC1. The van der Waals surface area contributed by atoms with Crippen molar-refractivity contribution in [2.75, 3.05) is 11.5 Å². The molecule has 1 N–H and O–H groups in total. The second-order valence-corrected chi connectivity index (χ2v) is 8.35. The molecule has 100 valence electrons. The van der Waals surface area contributed by atoms with Crippen molar-refractivity contribution in [1.29, 1.82) is 0 Å². The Balaban J connectivity index is 1.75. The van der Waals surface area contributed by atoms with Crippen LogP contribution in [0.2, 0.25) is 0 Å². The first-order valence-electron chi connectivity index (χ1n) is 6.93. The predicted octanol–water partition coefficient (Wildman–Crippen LogP) is 1.98. The van der Waals surface area contributed by atoms with Crippen LogP contribution in [0.25, 0.3) is 0 Å². The molecule has 0 aromatic carbocycles. The highest BCUT2D eigenvalue weighted by atomic mass is 32.2. The van der Waals surface area contributed by atoms with Crippen LogP contribution in [-0.4, -0.2) is 32.0 Å². The average molecular weight is 259 g/mol. The fraction of sp³-hybridized carbons (Fsp3) is 1.00. The van der Waals surface area contributed by atoms with Crippen molar-refractivity contribution in [3.63, 3.8) is 0 Å². The lowest BCUT2D eigenvalue weighted by Crippen LogP contribution is -2.41. The van der Waals surface area contributed by atoms with Gasteiger partial charge in [0.25, 0.3) is 0 Å². The van der Waals surface area contributed by atoms with Crippen molar-refractivity contribution in [2.45, 2.75) is 58.0 Å². The Labute approximate surface area is 105 Å². The molecule has 1 aliphatic carbocycles. The minimum absolute atomic E-state index is 0.223. The summed E-state index contributed by atoms with van der Waals surface area (Å²) in [4.78, 5) is 0. The Bertz CT molecular complexity index is 342. The van der Waals surface area contributed by atoms with Gasteiger partial charge in [-0.15, -0.1) is 0 Å². The third-order valence-electron chi connectivity index (χ3n) is 4.42. The lowest BCUT2D eigenvalue weighted by molar-refractivity contribution is 0.231. The van der Waals surface area contributed by atoms with Gasteiger partial charge >= 0.3 is 0 Å². The molecule has 0 aromatic rings. The van der Waals surface area contributed by atoms with Gasteiger partial charge in [-0.05, 0) is 43.9 Å². The monoisotopic (exact) mass is 259 g/mol. The first-order chi connectivity index (χ1) is 7.96. The van der Waals surface area contributed by atoms with Crippen molar-refractivity contribution in [2.24, 2.45) is 11.8 Å². The fourth-order valence-electron chi connectivity index (χ4n) is 3.21. The maximum Gasteiger partial charge on any atom is 0.151 e. The number of hydrogen-bond donors (Lipinski definition) is 1. The number of hydrogen-bond acceptors (Lipinski definition) is 3. The molecule has 0 bridgehead atoms. The zero-order valence-electron chi connectivity index (χ0n) is 11.0. The molecule has 1 aliphatic heterocycles. The van der Waals surface area contributed by atoms with Crippen LogP contribution in [0.1, 0.15) is 46.0 Å². The predicted molar refractivity (Wildman–Crippen MR) is 70.8 cm³/mol. The molecular weight excluding hydrogens is 234 g/mol. The number of nitrogens with one attached hydrogen (secondary N) is 1. The summed E-state index contributed by atoms with van der Waals surface area (Å²) in [5.41, 5.74) is 0. The maximum atomic E-state index is 11.4. The van der Waals surface area contributed by atoms with Crippen molar-refractivity contribution in [3.05, 3.63) is 0 Å². The van der Waals surface area contributed by atoms with Crippen LogP contribution in [0, 0.1) is 11.8 Å². The van der Waals surface area contributed by atoms with E-state index in [9.17, 15) is 8.42 Å². The van der Waals surface area contributed by atoms with Crippen molar-refractivity contribution >= 4 is 9.84 Å². The standard InChI is InChI=1S/C13H25NO2S/c1-10(2)11-3-5-12(6-4-11)14-13-7-8-17(15,16)9-13/h10-14H,3-9H2,1-2H3. The smallest absolute Gasteiger partial charge is 0.151 e. The number of sulfone groups is 1. The van der Waals surface area contributed by atoms with Gasteiger partial charge in [-0.2, -0.15) is 0 Å². The van der Waals surface area contributed by atoms with E-state index in [0.717, 1.165) is 18.3 Å². The maximum absolute atomic E-state index is 11.4. The second-order valence-electron chi connectivity index (χ2n) is 6.12. The summed E-state index contributed by atoms with van der Waals surface area (Å²) in [6.45, 7) is 4.62. The average Bonchev–Trinajstić information content (AvgIpc) is 2.59. The third kappa shape index (κ3) is 3.68. The van der Waals surface area contributed by atoms with E-state index in [2.05, 4.69) is 19.2 Å². The van der Waals surface area contributed by atoms with Gasteiger partial charge in [-0.1, -0.05) is 13.8 Å². The van der Waals surface area contributed by atoms with E-state index in [0.29, 0.717) is 17.5 Å². The first-order valence-corrected chi connectivity index (χ1v) is 8.75. The normalized spacial score (nSPS) is 37.5. The molecule has 0 aromatic heterocycles. The first kappa shape index (κ1) is 13.3. The summed E-state index contributed by atoms with van der Waals surface area (Å²) in [6.07, 6.45) is 5.86. The van der Waals surface area contributed by atoms with E-state index in [1.165, 1.54) is 25.7 Å². The quantitative estimate of drug-likeness (QED) is 0.843. The largest absolute Gasteiger partial charge is 0.310 e. The van der Waals surface area contributed by atoms with Crippen LogP contribution in [-0.2, 0) is 9.84 Å². The van der Waals surface area contributed by atoms with Gasteiger partial charge in [-0.25, -0.2) is 8.42 Å². The highest BCUT2D eigenvalue weighted by Gasteiger charge is 2.31.